The number of aryl methyl sites for hydroxylation is 1. The molecule has 8 nitrogen and oxygen atoms in total. The third kappa shape index (κ3) is 3.49. The average molecular weight is 404 g/mol. The molecule has 0 unspecified atom stereocenters. The number of hydrogen-bond acceptors (Lipinski definition) is 6. The molecule has 0 aliphatic heterocycles. The van der Waals surface area contributed by atoms with Crippen molar-refractivity contribution >= 4 is 34.0 Å². The third-order valence-electron chi connectivity index (χ3n) is 5.59. The van der Waals surface area contributed by atoms with Crippen LogP contribution >= 0.6 is 0 Å². The fourth-order valence-electron chi connectivity index (χ4n) is 3.72. The Morgan fingerprint density at radius 2 is 2.13 bits per heavy atom. The smallest absolute Gasteiger partial charge is 0.251 e. The maximum Gasteiger partial charge on any atom is 0.251 e. The van der Waals surface area contributed by atoms with E-state index in [0.717, 1.165) is 34.5 Å². The van der Waals surface area contributed by atoms with Crippen molar-refractivity contribution in [2.75, 3.05) is 12.4 Å². The van der Waals surface area contributed by atoms with Crippen LogP contribution in [0.3, 0.4) is 0 Å². The monoisotopic (exact) mass is 404 g/mol. The van der Waals surface area contributed by atoms with Gasteiger partial charge in [-0.1, -0.05) is 25.0 Å². The van der Waals surface area contributed by atoms with Gasteiger partial charge >= 0.3 is 0 Å². The molecule has 1 amide bonds. The lowest BCUT2D eigenvalue weighted by Gasteiger charge is -2.06. The van der Waals surface area contributed by atoms with Gasteiger partial charge in [-0.25, -0.2) is 9.97 Å². The number of aromatic nitrogens is 4. The van der Waals surface area contributed by atoms with E-state index in [2.05, 4.69) is 20.6 Å². The molecule has 1 aromatic carbocycles. The van der Waals surface area contributed by atoms with Crippen LogP contribution in [-0.2, 0) is 18.4 Å². The van der Waals surface area contributed by atoms with E-state index >= 15 is 0 Å². The lowest BCUT2D eigenvalue weighted by Crippen LogP contribution is -2.22. The van der Waals surface area contributed by atoms with Crippen molar-refractivity contribution in [3.63, 3.8) is 0 Å². The van der Waals surface area contributed by atoms with Crippen molar-refractivity contribution in [2.45, 2.75) is 32.2 Å². The van der Waals surface area contributed by atoms with E-state index in [1.165, 1.54) is 12.8 Å². The highest BCUT2D eigenvalue weighted by atomic mass is 16.4. The zero-order valence-corrected chi connectivity index (χ0v) is 17.1. The Morgan fingerprint density at radius 1 is 1.27 bits per heavy atom. The molecule has 30 heavy (non-hydrogen) atoms. The van der Waals surface area contributed by atoms with Crippen molar-refractivity contribution < 1.29 is 9.21 Å². The van der Waals surface area contributed by atoms with Crippen molar-refractivity contribution in [3.8, 4) is 11.5 Å². The number of imidazole rings is 1. The van der Waals surface area contributed by atoms with Gasteiger partial charge in [0.15, 0.2) is 11.3 Å². The normalized spacial score (nSPS) is 13.8. The Hall–Kier alpha value is -3.42. The third-order valence-corrected chi connectivity index (χ3v) is 5.59. The maximum atomic E-state index is 12.0. The predicted molar refractivity (Wildman–Crippen MR) is 115 cm³/mol. The van der Waals surface area contributed by atoms with Gasteiger partial charge in [-0.05, 0) is 30.0 Å². The fourth-order valence-corrected chi connectivity index (χ4v) is 3.72. The summed E-state index contributed by atoms with van der Waals surface area (Å²) in [6.07, 6.45) is 5.90. The van der Waals surface area contributed by atoms with Gasteiger partial charge in [-0.15, -0.1) is 0 Å². The number of benzene rings is 1. The first-order chi connectivity index (χ1) is 14.6. The molecule has 1 aliphatic carbocycles. The van der Waals surface area contributed by atoms with Crippen LogP contribution in [0.2, 0.25) is 0 Å². The molecule has 3 aromatic heterocycles. The molecule has 0 radical (unpaired) electrons. The number of nitrogens with zero attached hydrogens (tertiary/aromatic N) is 4. The van der Waals surface area contributed by atoms with E-state index in [9.17, 15) is 4.79 Å². The topological polar surface area (TPSA) is 97.9 Å². The number of pyridine rings is 1. The van der Waals surface area contributed by atoms with Crippen molar-refractivity contribution in [3.05, 3.63) is 36.2 Å². The van der Waals surface area contributed by atoms with Gasteiger partial charge in [-0.2, -0.15) is 4.98 Å². The minimum Gasteiger partial charge on any atom is -0.418 e. The molecule has 154 valence electrons. The summed E-state index contributed by atoms with van der Waals surface area (Å²) in [5, 5.41) is 6.08. The number of carbonyl (C=O) groups is 1. The second-order valence-corrected chi connectivity index (χ2v) is 7.90. The molecule has 5 rings (SSSR count). The minimum absolute atomic E-state index is 0.108. The highest BCUT2D eigenvalue weighted by molar-refractivity contribution is 6.03. The van der Waals surface area contributed by atoms with Gasteiger partial charge in [0.2, 0.25) is 11.8 Å². The Kier molecular flexibility index (Phi) is 4.61. The number of amides is 1. The molecule has 3 heterocycles. The first-order valence-corrected chi connectivity index (χ1v) is 10.3. The molecule has 1 aliphatic rings. The van der Waals surface area contributed by atoms with Crippen LogP contribution in [0.25, 0.3) is 33.7 Å². The SMILES string of the molecule is CNc1nc2oc(-c3cccc(CNC(=O)CCC4CC4)c3)nc2c2c1ncn2C. The summed E-state index contributed by atoms with van der Waals surface area (Å²) in [6.45, 7) is 0.492. The van der Waals surface area contributed by atoms with Gasteiger partial charge < -0.3 is 19.6 Å². The lowest BCUT2D eigenvalue weighted by molar-refractivity contribution is -0.121. The van der Waals surface area contributed by atoms with Gasteiger partial charge in [0.1, 0.15) is 11.0 Å². The summed E-state index contributed by atoms with van der Waals surface area (Å²) in [5.41, 5.74) is 4.62. The molecule has 4 aromatic rings. The van der Waals surface area contributed by atoms with E-state index in [-0.39, 0.29) is 5.91 Å². The zero-order valence-electron chi connectivity index (χ0n) is 17.1. The second kappa shape index (κ2) is 7.44. The first kappa shape index (κ1) is 18.6. The Balaban J connectivity index is 1.41. The van der Waals surface area contributed by atoms with E-state index in [4.69, 9.17) is 9.40 Å². The summed E-state index contributed by atoms with van der Waals surface area (Å²) in [7, 11) is 3.73. The van der Waals surface area contributed by atoms with Gasteiger partial charge in [0.05, 0.1) is 6.33 Å². The van der Waals surface area contributed by atoms with Crippen LogP contribution < -0.4 is 10.6 Å². The largest absolute Gasteiger partial charge is 0.418 e. The molecule has 8 heteroatoms. The molecular formula is C22H24N6O2. The maximum absolute atomic E-state index is 12.0. The average Bonchev–Trinajstić information content (AvgIpc) is 3.37. The molecule has 0 spiro atoms. The number of anilines is 1. The number of carbonyl (C=O) groups excluding carboxylic acids is 1. The molecule has 1 fully saturated rings. The summed E-state index contributed by atoms with van der Waals surface area (Å²) >= 11 is 0. The van der Waals surface area contributed by atoms with Crippen molar-refractivity contribution in [1.29, 1.82) is 0 Å². The highest BCUT2D eigenvalue weighted by Crippen LogP contribution is 2.33. The highest BCUT2D eigenvalue weighted by Gasteiger charge is 2.22. The molecule has 2 N–H and O–H groups in total. The Labute approximate surface area is 173 Å². The standard InChI is InChI=1S/C22H24N6O2/c1-23-20-17-19(28(2)12-25-17)18-22(27-20)30-21(26-18)15-5-3-4-14(10-15)11-24-16(29)9-8-13-6-7-13/h3-5,10,12-13H,6-9,11H2,1-2H3,(H,23,27)(H,24,29). The lowest BCUT2D eigenvalue weighted by atomic mass is 10.1. The molecule has 0 bridgehead atoms. The number of nitrogens with one attached hydrogen (secondary N) is 2. The second-order valence-electron chi connectivity index (χ2n) is 7.90. The van der Waals surface area contributed by atoms with Crippen LogP contribution in [0.1, 0.15) is 31.2 Å². The summed E-state index contributed by atoms with van der Waals surface area (Å²) < 4.78 is 7.91. The van der Waals surface area contributed by atoms with Crippen LogP contribution in [0.4, 0.5) is 5.82 Å². The molecule has 0 saturated heterocycles. The van der Waals surface area contributed by atoms with E-state index in [1.54, 1.807) is 6.33 Å². The van der Waals surface area contributed by atoms with Crippen LogP contribution in [-0.4, -0.2) is 32.5 Å². The van der Waals surface area contributed by atoms with Crippen molar-refractivity contribution in [2.24, 2.45) is 13.0 Å². The van der Waals surface area contributed by atoms with Gasteiger partial charge in [0.25, 0.3) is 5.71 Å². The van der Waals surface area contributed by atoms with Crippen LogP contribution in [0.15, 0.2) is 35.0 Å². The number of hydrogen-bond donors (Lipinski definition) is 2. The summed E-state index contributed by atoms with van der Waals surface area (Å²) in [6, 6.07) is 7.87. The quantitative estimate of drug-likeness (QED) is 0.488. The molecule has 1 saturated carbocycles. The van der Waals surface area contributed by atoms with Crippen molar-refractivity contribution in [1.82, 2.24) is 24.8 Å². The van der Waals surface area contributed by atoms with Crippen LogP contribution in [0, 0.1) is 5.92 Å². The first-order valence-electron chi connectivity index (χ1n) is 10.3. The zero-order chi connectivity index (χ0) is 20.7. The van der Waals surface area contributed by atoms with E-state index in [1.807, 2.05) is 42.9 Å². The van der Waals surface area contributed by atoms with E-state index in [0.29, 0.717) is 35.9 Å². The summed E-state index contributed by atoms with van der Waals surface area (Å²) in [4.78, 5) is 25.7. The van der Waals surface area contributed by atoms with Crippen LogP contribution in [0.5, 0.6) is 0 Å². The summed E-state index contributed by atoms with van der Waals surface area (Å²) in [5.74, 6) is 2.02. The number of rotatable bonds is 7. The minimum atomic E-state index is 0.108. The number of oxazole rings is 1. The molecular weight excluding hydrogens is 380 g/mol. The van der Waals surface area contributed by atoms with Gasteiger partial charge in [0, 0.05) is 32.6 Å². The Bertz CT molecular complexity index is 1240. The predicted octanol–water partition coefficient (Wildman–Crippen LogP) is 3.62. The fraction of sp³-hybridized carbons (Fsp3) is 0.364. The Morgan fingerprint density at radius 3 is 2.93 bits per heavy atom. The van der Waals surface area contributed by atoms with Gasteiger partial charge in [-0.3, -0.25) is 4.79 Å². The number of fused-ring (bicyclic) bond motifs is 3. The van der Waals surface area contributed by atoms with E-state index < -0.39 is 0 Å². The molecule has 0 atom stereocenters.